The van der Waals surface area contributed by atoms with Crippen LogP contribution in [0.4, 0.5) is 5.69 Å². The van der Waals surface area contributed by atoms with E-state index in [9.17, 15) is 8.42 Å². The number of hydrogen-bond donors (Lipinski definition) is 2. The Kier molecular flexibility index (Phi) is 3.97. The molecule has 17 heavy (non-hydrogen) atoms. The highest BCUT2D eigenvalue weighted by Gasteiger charge is 2.23. The molecule has 0 radical (unpaired) electrons. The average Bonchev–Trinajstić information content (AvgIpc) is 2.29. The highest BCUT2D eigenvalue weighted by atomic mass is 79.9. The van der Waals surface area contributed by atoms with Gasteiger partial charge < -0.3 is 5.32 Å². The van der Waals surface area contributed by atoms with Crippen LogP contribution in [-0.2, 0) is 10.2 Å². The zero-order valence-electron chi connectivity index (χ0n) is 9.06. The van der Waals surface area contributed by atoms with Gasteiger partial charge in [-0.05, 0) is 22.0 Å². The van der Waals surface area contributed by atoms with Gasteiger partial charge >= 0.3 is 10.2 Å². The summed E-state index contributed by atoms with van der Waals surface area (Å²) in [5.41, 5.74) is 0.456. The van der Waals surface area contributed by atoms with Gasteiger partial charge in [-0.1, -0.05) is 0 Å². The molecule has 0 saturated carbocycles. The molecular weight excluding hydrogens is 308 g/mol. The van der Waals surface area contributed by atoms with Crippen LogP contribution in [0, 0.1) is 0 Å². The summed E-state index contributed by atoms with van der Waals surface area (Å²) in [6.45, 7) is 2.32. The van der Waals surface area contributed by atoms with Crippen LogP contribution in [0.5, 0.6) is 0 Å². The quantitative estimate of drug-likeness (QED) is 0.845. The van der Waals surface area contributed by atoms with Gasteiger partial charge in [-0.25, -0.2) is 0 Å². The van der Waals surface area contributed by atoms with Crippen molar-refractivity contribution in [3.05, 3.63) is 22.9 Å². The number of rotatable bonds is 3. The Bertz CT molecular complexity index is 488. The summed E-state index contributed by atoms with van der Waals surface area (Å²) in [5, 5.41) is 3.11. The molecule has 1 aliphatic rings. The Labute approximate surface area is 109 Å². The van der Waals surface area contributed by atoms with Crippen molar-refractivity contribution in [3.8, 4) is 0 Å². The Morgan fingerprint density at radius 1 is 1.35 bits per heavy atom. The van der Waals surface area contributed by atoms with Crippen LogP contribution >= 0.6 is 15.9 Å². The molecule has 0 atom stereocenters. The number of piperazine rings is 1. The second-order valence-electron chi connectivity index (χ2n) is 3.65. The molecule has 6 nitrogen and oxygen atoms in total. The van der Waals surface area contributed by atoms with E-state index in [1.165, 1.54) is 10.5 Å². The number of anilines is 1. The minimum absolute atomic E-state index is 0.456. The van der Waals surface area contributed by atoms with Crippen molar-refractivity contribution in [3.63, 3.8) is 0 Å². The van der Waals surface area contributed by atoms with Gasteiger partial charge in [0.2, 0.25) is 0 Å². The summed E-state index contributed by atoms with van der Waals surface area (Å²) in [6.07, 6.45) is 3.08. The van der Waals surface area contributed by atoms with Crippen LogP contribution in [0.2, 0.25) is 0 Å². The number of halogens is 1. The molecule has 0 bridgehead atoms. The molecule has 0 spiro atoms. The van der Waals surface area contributed by atoms with Crippen LogP contribution in [0.25, 0.3) is 0 Å². The van der Waals surface area contributed by atoms with Crippen LogP contribution in [0.15, 0.2) is 22.9 Å². The predicted molar refractivity (Wildman–Crippen MR) is 68.9 cm³/mol. The van der Waals surface area contributed by atoms with Gasteiger partial charge in [0.15, 0.2) is 0 Å². The lowest BCUT2D eigenvalue weighted by molar-refractivity contribution is 0.362. The lowest BCUT2D eigenvalue weighted by Crippen LogP contribution is -2.48. The van der Waals surface area contributed by atoms with Crippen LogP contribution in [0.3, 0.4) is 0 Å². The first kappa shape index (κ1) is 12.7. The first-order valence-corrected chi connectivity index (χ1v) is 7.40. The fourth-order valence-corrected chi connectivity index (χ4v) is 3.13. The van der Waals surface area contributed by atoms with E-state index in [-0.39, 0.29) is 0 Å². The SMILES string of the molecule is O=S(=O)(Nc1cncc(Br)c1)N1CCNCC1. The largest absolute Gasteiger partial charge is 0.314 e. The molecule has 0 aromatic carbocycles. The number of hydrogen-bond acceptors (Lipinski definition) is 4. The Morgan fingerprint density at radius 2 is 2.06 bits per heavy atom. The number of pyridine rings is 1. The molecule has 2 N–H and O–H groups in total. The number of nitrogens with zero attached hydrogens (tertiary/aromatic N) is 2. The normalized spacial score (nSPS) is 17.9. The van der Waals surface area contributed by atoms with E-state index in [1.54, 1.807) is 12.3 Å². The Morgan fingerprint density at radius 3 is 2.71 bits per heavy atom. The van der Waals surface area contributed by atoms with E-state index >= 15 is 0 Å². The van der Waals surface area contributed by atoms with Gasteiger partial charge in [0.25, 0.3) is 0 Å². The summed E-state index contributed by atoms with van der Waals surface area (Å²) in [6, 6.07) is 1.67. The first-order chi connectivity index (χ1) is 8.08. The second-order valence-corrected chi connectivity index (χ2v) is 6.23. The van der Waals surface area contributed by atoms with Crippen LogP contribution < -0.4 is 10.0 Å². The Hall–Kier alpha value is -0.700. The molecular formula is C9H13BrN4O2S. The highest BCUT2D eigenvalue weighted by molar-refractivity contribution is 9.10. The summed E-state index contributed by atoms with van der Waals surface area (Å²) >= 11 is 3.24. The lowest BCUT2D eigenvalue weighted by Gasteiger charge is -2.26. The maximum atomic E-state index is 12.0. The van der Waals surface area contributed by atoms with Crippen molar-refractivity contribution in [2.24, 2.45) is 0 Å². The third kappa shape index (κ3) is 3.38. The minimum Gasteiger partial charge on any atom is -0.314 e. The van der Waals surface area contributed by atoms with E-state index in [2.05, 4.69) is 31.0 Å². The molecule has 8 heteroatoms. The molecule has 1 saturated heterocycles. The van der Waals surface area contributed by atoms with Gasteiger partial charge in [-0.2, -0.15) is 12.7 Å². The fraction of sp³-hybridized carbons (Fsp3) is 0.444. The van der Waals surface area contributed by atoms with Crippen molar-refractivity contribution in [1.82, 2.24) is 14.6 Å². The maximum absolute atomic E-state index is 12.0. The molecule has 1 fully saturated rings. The van der Waals surface area contributed by atoms with Gasteiger partial charge in [-0.15, -0.1) is 0 Å². The maximum Gasteiger partial charge on any atom is 0.301 e. The van der Waals surface area contributed by atoms with E-state index in [4.69, 9.17) is 0 Å². The summed E-state index contributed by atoms with van der Waals surface area (Å²) in [7, 11) is -3.47. The second kappa shape index (κ2) is 5.30. The van der Waals surface area contributed by atoms with E-state index in [1.807, 2.05) is 0 Å². The molecule has 94 valence electrons. The zero-order chi connectivity index (χ0) is 12.3. The predicted octanol–water partition coefficient (Wildman–Crippen LogP) is 0.406. The molecule has 2 rings (SSSR count). The molecule has 2 heterocycles. The highest BCUT2D eigenvalue weighted by Crippen LogP contribution is 2.16. The number of aromatic nitrogens is 1. The summed E-state index contributed by atoms with van der Waals surface area (Å²) in [5.74, 6) is 0. The molecule has 0 amide bonds. The third-order valence-electron chi connectivity index (χ3n) is 2.37. The Balaban J connectivity index is 2.11. The molecule has 1 aromatic heterocycles. The number of nitrogens with one attached hydrogen (secondary N) is 2. The molecule has 0 unspecified atom stereocenters. The van der Waals surface area contributed by atoms with Gasteiger partial charge in [0, 0.05) is 36.8 Å². The third-order valence-corrected chi connectivity index (χ3v) is 4.34. The van der Waals surface area contributed by atoms with E-state index < -0.39 is 10.2 Å². The van der Waals surface area contributed by atoms with Crippen molar-refractivity contribution in [2.75, 3.05) is 30.9 Å². The minimum atomic E-state index is -3.47. The molecule has 1 aliphatic heterocycles. The lowest BCUT2D eigenvalue weighted by atomic mass is 10.4. The van der Waals surface area contributed by atoms with Crippen LogP contribution in [0.1, 0.15) is 0 Å². The van der Waals surface area contributed by atoms with Gasteiger partial charge in [-0.3, -0.25) is 9.71 Å². The fourth-order valence-electron chi connectivity index (χ4n) is 1.57. The zero-order valence-corrected chi connectivity index (χ0v) is 11.5. The van der Waals surface area contributed by atoms with Crippen molar-refractivity contribution in [2.45, 2.75) is 0 Å². The van der Waals surface area contributed by atoms with E-state index in [0.717, 1.165) is 4.47 Å². The van der Waals surface area contributed by atoms with Crippen molar-refractivity contribution < 1.29 is 8.42 Å². The van der Waals surface area contributed by atoms with Gasteiger partial charge in [0.05, 0.1) is 11.9 Å². The van der Waals surface area contributed by atoms with Gasteiger partial charge in [0.1, 0.15) is 0 Å². The molecule has 1 aromatic rings. The van der Waals surface area contributed by atoms with Crippen LogP contribution in [-0.4, -0.2) is 43.9 Å². The first-order valence-electron chi connectivity index (χ1n) is 5.17. The van der Waals surface area contributed by atoms with Crippen molar-refractivity contribution >= 4 is 31.8 Å². The summed E-state index contributed by atoms with van der Waals surface area (Å²) < 4.78 is 28.7. The smallest absolute Gasteiger partial charge is 0.301 e. The average molecular weight is 321 g/mol. The summed E-state index contributed by atoms with van der Waals surface area (Å²) in [4.78, 5) is 3.91. The van der Waals surface area contributed by atoms with E-state index in [0.29, 0.717) is 31.9 Å². The standard InChI is InChI=1S/C9H13BrN4O2S/c10-8-5-9(7-12-6-8)13-17(15,16)14-3-1-11-2-4-14/h5-7,11,13H,1-4H2. The molecule has 0 aliphatic carbocycles. The monoisotopic (exact) mass is 320 g/mol. The topological polar surface area (TPSA) is 74.3 Å². The van der Waals surface area contributed by atoms with Crippen molar-refractivity contribution in [1.29, 1.82) is 0 Å².